The lowest BCUT2D eigenvalue weighted by Crippen LogP contribution is -2.62. The van der Waals surface area contributed by atoms with Gasteiger partial charge in [0.05, 0.1) is 16.0 Å². The minimum atomic E-state index is -4.11. The molecule has 1 saturated heterocycles. The number of aromatic nitrogens is 1. The van der Waals surface area contributed by atoms with Crippen LogP contribution in [0.4, 0.5) is 0 Å². The highest BCUT2D eigenvalue weighted by atomic mass is 32.2. The fourth-order valence-corrected chi connectivity index (χ4v) is 5.91. The minimum absolute atomic E-state index is 0.0438. The molecule has 0 aliphatic carbocycles. The van der Waals surface area contributed by atoms with Crippen LogP contribution in [0.1, 0.15) is 25.3 Å². The lowest BCUT2D eigenvalue weighted by atomic mass is 9.87. The van der Waals surface area contributed by atoms with E-state index >= 15 is 0 Å². The van der Waals surface area contributed by atoms with Gasteiger partial charge in [-0.2, -0.15) is 4.31 Å². The summed E-state index contributed by atoms with van der Waals surface area (Å²) in [5, 5.41) is 20.7. The Balaban J connectivity index is 1.54. The molecule has 2 heterocycles. The maximum Gasteiger partial charge on any atom is 0.264 e. The molecule has 1 aliphatic rings. The van der Waals surface area contributed by atoms with E-state index in [0.29, 0.717) is 12.2 Å². The third-order valence-corrected chi connectivity index (χ3v) is 7.74. The summed E-state index contributed by atoms with van der Waals surface area (Å²) in [6, 6.07) is 14.0. The average molecular weight is 472 g/mol. The summed E-state index contributed by atoms with van der Waals surface area (Å²) in [6.07, 6.45) is 2.32. The van der Waals surface area contributed by atoms with Gasteiger partial charge in [-0.1, -0.05) is 18.2 Å². The third kappa shape index (κ3) is 4.55. The SMILES string of the molecule is C[C@@]1(O)CCCN(S(=O)(=O)c2ccc(OCc3ccnc4ccccc34)cc2)C1C(=O)NO. The molecule has 2 aromatic carbocycles. The van der Waals surface area contributed by atoms with E-state index in [4.69, 9.17) is 9.94 Å². The third-order valence-electron chi connectivity index (χ3n) is 5.86. The molecule has 4 rings (SSSR count). The maximum absolute atomic E-state index is 13.2. The zero-order valence-corrected chi connectivity index (χ0v) is 18.8. The number of hydroxylamine groups is 1. The molecule has 1 aromatic heterocycles. The number of amides is 1. The number of rotatable bonds is 6. The van der Waals surface area contributed by atoms with E-state index in [1.54, 1.807) is 18.3 Å². The van der Waals surface area contributed by atoms with E-state index in [1.807, 2.05) is 30.3 Å². The van der Waals surface area contributed by atoms with Gasteiger partial charge >= 0.3 is 0 Å². The van der Waals surface area contributed by atoms with Crippen LogP contribution in [-0.4, -0.2) is 52.1 Å². The second-order valence-corrected chi connectivity index (χ2v) is 10.1. The Morgan fingerprint density at radius 3 is 2.67 bits per heavy atom. The molecule has 0 radical (unpaired) electrons. The first-order chi connectivity index (χ1) is 15.7. The lowest BCUT2D eigenvalue weighted by Gasteiger charge is -2.42. The highest BCUT2D eigenvalue weighted by Gasteiger charge is 2.49. The first kappa shape index (κ1) is 23.1. The number of hydrogen-bond donors (Lipinski definition) is 3. The molecule has 0 bridgehead atoms. The van der Waals surface area contributed by atoms with Crippen LogP contribution in [0.2, 0.25) is 0 Å². The van der Waals surface area contributed by atoms with Gasteiger partial charge in [0.15, 0.2) is 0 Å². The summed E-state index contributed by atoms with van der Waals surface area (Å²) < 4.78 is 33.3. The number of piperidine rings is 1. The van der Waals surface area contributed by atoms with Crippen LogP contribution in [0.3, 0.4) is 0 Å². The minimum Gasteiger partial charge on any atom is -0.489 e. The van der Waals surface area contributed by atoms with Crippen LogP contribution in [0.15, 0.2) is 65.7 Å². The van der Waals surface area contributed by atoms with Gasteiger partial charge in [-0.05, 0) is 56.2 Å². The number of aliphatic hydroxyl groups is 1. The first-order valence-corrected chi connectivity index (χ1v) is 11.9. The van der Waals surface area contributed by atoms with Crippen molar-refractivity contribution in [3.8, 4) is 5.75 Å². The van der Waals surface area contributed by atoms with Gasteiger partial charge in [-0.25, -0.2) is 13.9 Å². The van der Waals surface area contributed by atoms with E-state index in [-0.39, 0.29) is 24.5 Å². The largest absolute Gasteiger partial charge is 0.489 e. The van der Waals surface area contributed by atoms with Crippen LogP contribution in [0.25, 0.3) is 10.9 Å². The second kappa shape index (κ2) is 9.06. The number of ether oxygens (including phenoxy) is 1. The molecule has 1 unspecified atom stereocenters. The number of benzene rings is 2. The van der Waals surface area contributed by atoms with Crippen molar-refractivity contribution in [2.75, 3.05) is 6.54 Å². The molecule has 1 amide bonds. The predicted molar refractivity (Wildman–Crippen MR) is 120 cm³/mol. The summed E-state index contributed by atoms with van der Waals surface area (Å²) >= 11 is 0. The Labute approximate surface area is 191 Å². The van der Waals surface area contributed by atoms with Gasteiger partial charge in [0, 0.05) is 23.7 Å². The number of pyridine rings is 1. The fourth-order valence-electron chi connectivity index (χ4n) is 4.19. The molecule has 3 aromatic rings. The van der Waals surface area contributed by atoms with Gasteiger partial charge in [-0.3, -0.25) is 15.0 Å². The number of hydrogen-bond acceptors (Lipinski definition) is 7. The Bertz CT molecular complexity index is 1260. The summed E-state index contributed by atoms with van der Waals surface area (Å²) in [4.78, 5) is 16.5. The van der Waals surface area contributed by atoms with E-state index in [9.17, 15) is 18.3 Å². The molecular weight excluding hydrogens is 446 g/mol. The van der Waals surface area contributed by atoms with Crippen molar-refractivity contribution in [3.05, 3.63) is 66.4 Å². The summed E-state index contributed by atoms with van der Waals surface area (Å²) in [5.74, 6) is -0.502. The lowest BCUT2D eigenvalue weighted by molar-refractivity contribution is -0.144. The number of nitrogens with one attached hydrogen (secondary N) is 1. The molecule has 0 saturated carbocycles. The van der Waals surface area contributed by atoms with Crippen molar-refractivity contribution in [2.45, 2.75) is 42.9 Å². The molecule has 0 spiro atoms. The molecule has 10 heteroatoms. The number of nitrogens with zero attached hydrogens (tertiary/aromatic N) is 2. The number of carbonyl (C=O) groups excluding carboxylic acids is 1. The van der Waals surface area contributed by atoms with E-state index in [1.165, 1.54) is 24.5 Å². The second-order valence-electron chi connectivity index (χ2n) is 8.20. The van der Waals surface area contributed by atoms with Crippen molar-refractivity contribution >= 4 is 26.8 Å². The zero-order chi connectivity index (χ0) is 23.6. The molecule has 33 heavy (non-hydrogen) atoms. The molecular formula is C23H25N3O6S. The molecule has 174 valence electrons. The van der Waals surface area contributed by atoms with E-state index in [2.05, 4.69) is 4.98 Å². The van der Waals surface area contributed by atoms with Crippen molar-refractivity contribution in [1.82, 2.24) is 14.8 Å². The summed E-state index contributed by atoms with van der Waals surface area (Å²) in [7, 11) is -4.11. The van der Waals surface area contributed by atoms with E-state index in [0.717, 1.165) is 20.8 Å². The number of sulfonamides is 1. The molecule has 2 atom stereocenters. The standard InChI is InChI=1S/C23H25N3O6S/c1-23(28)12-4-14-26(21(23)22(27)25-29)33(30,31)18-9-7-17(8-10-18)32-15-16-11-13-24-20-6-3-2-5-19(16)20/h2-3,5-11,13,21,28-29H,4,12,14-15H2,1H3,(H,25,27)/t21?,23-/m1/s1. The molecule has 1 fully saturated rings. The Kier molecular flexibility index (Phi) is 6.35. The number of para-hydroxylation sites is 1. The summed E-state index contributed by atoms with van der Waals surface area (Å²) in [6.45, 7) is 1.71. The van der Waals surface area contributed by atoms with Gasteiger partial charge in [0.25, 0.3) is 5.91 Å². The monoisotopic (exact) mass is 471 g/mol. The van der Waals surface area contributed by atoms with Gasteiger partial charge in [0.1, 0.15) is 18.4 Å². The van der Waals surface area contributed by atoms with Gasteiger partial charge in [-0.15, -0.1) is 0 Å². The van der Waals surface area contributed by atoms with Gasteiger partial charge in [0.2, 0.25) is 10.0 Å². The van der Waals surface area contributed by atoms with Crippen LogP contribution < -0.4 is 10.2 Å². The molecule has 3 N–H and O–H groups in total. The Morgan fingerprint density at radius 1 is 1.21 bits per heavy atom. The summed E-state index contributed by atoms with van der Waals surface area (Å²) in [5.41, 5.74) is 1.66. The first-order valence-electron chi connectivity index (χ1n) is 10.5. The van der Waals surface area contributed by atoms with Crippen LogP contribution in [-0.2, 0) is 21.4 Å². The Morgan fingerprint density at radius 2 is 1.94 bits per heavy atom. The quantitative estimate of drug-likeness (QED) is 0.371. The van der Waals surface area contributed by atoms with Crippen LogP contribution in [0.5, 0.6) is 5.75 Å². The topological polar surface area (TPSA) is 129 Å². The van der Waals surface area contributed by atoms with Crippen molar-refractivity contribution in [3.63, 3.8) is 0 Å². The van der Waals surface area contributed by atoms with Crippen molar-refractivity contribution in [2.24, 2.45) is 0 Å². The zero-order valence-electron chi connectivity index (χ0n) is 18.0. The van der Waals surface area contributed by atoms with Crippen LogP contribution in [0, 0.1) is 0 Å². The predicted octanol–water partition coefficient (Wildman–Crippen LogP) is 2.22. The van der Waals surface area contributed by atoms with Crippen LogP contribution >= 0.6 is 0 Å². The van der Waals surface area contributed by atoms with Gasteiger partial charge < -0.3 is 9.84 Å². The maximum atomic E-state index is 13.2. The van der Waals surface area contributed by atoms with Crippen molar-refractivity contribution < 1.29 is 28.3 Å². The van der Waals surface area contributed by atoms with E-state index < -0.39 is 27.6 Å². The number of carbonyl (C=O) groups is 1. The number of fused-ring (bicyclic) bond motifs is 1. The average Bonchev–Trinajstić information content (AvgIpc) is 2.81. The fraction of sp³-hybridized carbons (Fsp3) is 0.304. The van der Waals surface area contributed by atoms with Crippen molar-refractivity contribution in [1.29, 1.82) is 0 Å². The molecule has 1 aliphatic heterocycles. The molecule has 9 nitrogen and oxygen atoms in total. The normalized spacial score (nSPS) is 21.6. The highest BCUT2D eigenvalue weighted by Crippen LogP contribution is 2.33. The highest BCUT2D eigenvalue weighted by molar-refractivity contribution is 7.89. The smallest absolute Gasteiger partial charge is 0.264 e. The Hall–Kier alpha value is -3.05.